The van der Waals surface area contributed by atoms with E-state index < -0.39 is 5.97 Å². The first-order valence-electron chi connectivity index (χ1n) is 9.98. The molecule has 0 amide bonds. The third kappa shape index (κ3) is 4.82. The third-order valence-corrected chi connectivity index (χ3v) is 4.97. The molecule has 1 aromatic carbocycles. The number of rotatable bonds is 8. The molecule has 2 N–H and O–H groups in total. The van der Waals surface area contributed by atoms with Crippen molar-refractivity contribution in [3.05, 3.63) is 42.7 Å². The predicted molar refractivity (Wildman–Crippen MR) is 115 cm³/mol. The van der Waals surface area contributed by atoms with Crippen LogP contribution in [0.2, 0.25) is 0 Å². The highest BCUT2D eigenvalue weighted by atomic mass is 16.5. The predicted octanol–water partition coefficient (Wildman–Crippen LogP) is 1.28. The van der Waals surface area contributed by atoms with Crippen LogP contribution in [0.3, 0.4) is 0 Å². The summed E-state index contributed by atoms with van der Waals surface area (Å²) >= 11 is 0. The van der Waals surface area contributed by atoms with Gasteiger partial charge in [0.15, 0.2) is 5.82 Å². The summed E-state index contributed by atoms with van der Waals surface area (Å²) in [4.78, 5) is 25.7. The number of carboxylic acid groups (broad SMARTS) is 1. The topological polar surface area (TPSA) is 122 Å². The van der Waals surface area contributed by atoms with Gasteiger partial charge in [0, 0.05) is 38.8 Å². The molecule has 1 aliphatic heterocycles. The number of piperazine rings is 1. The van der Waals surface area contributed by atoms with Gasteiger partial charge in [0.25, 0.3) is 0 Å². The normalized spacial score (nSPS) is 13.8. The van der Waals surface area contributed by atoms with Crippen LogP contribution in [0.25, 0.3) is 5.82 Å². The number of hydrogen-bond donors (Lipinski definition) is 2. The van der Waals surface area contributed by atoms with E-state index in [9.17, 15) is 4.79 Å². The van der Waals surface area contributed by atoms with E-state index in [1.807, 2.05) is 24.3 Å². The summed E-state index contributed by atoms with van der Waals surface area (Å²) in [5.74, 6) is 1.57. The zero-order valence-corrected chi connectivity index (χ0v) is 17.2. The van der Waals surface area contributed by atoms with Gasteiger partial charge in [-0.1, -0.05) is 12.1 Å². The van der Waals surface area contributed by atoms with Gasteiger partial charge in [0.05, 0.1) is 31.6 Å². The van der Waals surface area contributed by atoms with E-state index in [0.717, 1.165) is 43.4 Å². The molecular weight excluding hydrogens is 400 g/mol. The van der Waals surface area contributed by atoms with Crippen LogP contribution >= 0.6 is 0 Å². The van der Waals surface area contributed by atoms with Gasteiger partial charge < -0.3 is 25.0 Å². The van der Waals surface area contributed by atoms with Gasteiger partial charge in [-0.15, -0.1) is 4.80 Å². The molecule has 1 saturated heterocycles. The van der Waals surface area contributed by atoms with Crippen LogP contribution in [-0.2, 0) is 4.79 Å². The minimum absolute atomic E-state index is 0.0273. The first kappa shape index (κ1) is 20.4. The number of hydrogen-bond acceptors (Lipinski definition) is 9. The van der Waals surface area contributed by atoms with Crippen LogP contribution < -0.4 is 19.9 Å². The monoisotopic (exact) mass is 424 g/mol. The SMILES string of the molecule is COc1ccccc1N1CCN(c2cc(-n3nccn3)nc(NCCC(=O)O)n2)CC1. The van der Waals surface area contributed by atoms with E-state index in [2.05, 4.69) is 41.3 Å². The molecule has 0 saturated carbocycles. The average molecular weight is 424 g/mol. The van der Waals surface area contributed by atoms with Crippen molar-refractivity contribution in [2.24, 2.45) is 0 Å². The lowest BCUT2D eigenvalue weighted by Gasteiger charge is -2.37. The molecule has 1 aliphatic rings. The van der Waals surface area contributed by atoms with Crippen molar-refractivity contribution in [2.75, 3.05) is 55.0 Å². The molecule has 0 atom stereocenters. The van der Waals surface area contributed by atoms with Crippen LogP contribution in [0.1, 0.15) is 6.42 Å². The maximum absolute atomic E-state index is 10.8. The second-order valence-electron chi connectivity index (χ2n) is 6.94. The highest BCUT2D eigenvalue weighted by Gasteiger charge is 2.22. The number of methoxy groups -OCH3 is 1. The number of carbonyl (C=O) groups is 1. The van der Waals surface area contributed by atoms with Crippen molar-refractivity contribution in [3.63, 3.8) is 0 Å². The Hall–Kier alpha value is -3.89. The molecule has 4 rings (SSSR count). The van der Waals surface area contributed by atoms with Gasteiger partial charge in [0.2, 0.25) is 5.95 Å². The fraction of sp³-hybridized carbons (Fsp3) is 0.350. The van der Waals surface area contributed by atoms with Gasteiger partial charge in [-0.05, 0) is 12.1 Å². The third-order valence-electron chi connectivity index (χ3n) is 4.97. The quantitative estimate of drug-likeness (QED) is 0.547. The van der Waals surface area contributed by atoms with Crippen LogP contribution in [0.5, 0.6) is 5.75 Å². The zero-order valence-electron chi connectivity index (χ0n) is 17.2. The number of anilines is 3. The zero-order chi connectivity index (χ0) is 21.6. The number of benzene rings is 1. The number of ether oxygens (including phenoxy) is 1. The fourth-order valence-electron chi connectivity index (χ4n) is 3.45. The lowest BCUT2D eigenvalue weighted by molar-refractivity contribution is -0.136. The summed E-state index contributed by atoms with van der Waals surface area (Å²) in [7, 11) is 1.68. The number of aliphatic carboxylic acids is 1. The minimum atomic E-state index is -0.884. The van der Waals surface area contributed by atoms with Crippen molar-refractivity contribution < 1.29 is 14.6 Å². The van der Waals surface area contributed by atoms with Gasteiger partial charge in [-0.25, -0.2) is 0 Å². The number of nitrogens with zero attached hydrogens (tertiary/aromatic N) is 7. The maximum atomic E-state index is 10.8. The molecule has 3 heterocycles. The molecule has 0 spiro atoms. The summed E-state index contributed by atoms with van der Waals surface area (Å²) in [6.45, 7) is 3.36. The Labute approximate surface area is 179 Å². The van der Waals surface area contributed by atoms with Crippen LogP contribution in [0.15, 0.2) is 42.7 Å². The lowest BCUT2D eigenvalue weighted by atomic mass is 10.2. The molecule has 0 radical (unpaired) electrons. The van der Waals surface area contributed by atoms with E-state index in [-0.39, 0.29) is 13.0 Å². The van der Waals surface area contributed by atoms with Crippen LogP contribution in [0, 0.1) is 0 Å². The molecule has 0 unspecified atom stereocenters. The van der Waals surface area contributed by atoms with Gasteiger partial charge in [-0.3, -0.25) is 4.79 Å². The number of carboxylic acids is 1. The molecule has 0 bridgehead atoms. The average Bonchev–Trinajstić information content (AvgIpc) is 3.34. The highest BCUT2D eigenvalue weighted by Crippen LogP contribution is 2.29. The first-order valence-corrected chi connectivity index (χ1v) is 9.98. The lowest BCUT2D eigenvalue weighted by Crippen LogP contribution is -2.47. The summed E-state index contributed by atoms with van der Waals surface area (Å²) in [5.41, 5.74) is 1.07. The summed E-state index contributed by atoms with van der Waals surface area (Å²) < 4.78 is 5.49. The van der Waals surface area contributed by atoms with Gasteiger partial charge >= 0.3 is 5.97 Å². The van der Waals surface area contributed by atoms with Crippen molar-refractivity contribution in [3.8, 4) is 11.6 Å². The molecule has 11 heteroatoms. The molecule has 1 fully saturated rings. The summed E-state index contributed by atoms with van der Waals surface area (Å²) in [5, 5.41) is 20.2. The molecule has 11 nitrogen and oxygen atoms in total. The Bertz CT molecular complexity index is 1020. The minimum Gasteiger partial charge on any atom is -0.495 e. The Morgan fingerprint density at radius 2 is 1.74 bits per heavy atom. The van der Waals surface area contributed by atoms with Gasteiger partial charge in [0.1, 0.15) is 11.6 Å². The summed E-state index contributed by atoms with van der Waals surface area (Å²) in [6, 6.07) is 9.83. The largest absolute Gasteiger partial charge is 0.495 e. The van der Waals surface area contributed by atoms with Crippen molar-refractivity contribution in [1.29, 1.82) is 0 Å². The van der Waals surface area contributed by atoms with E-state index >= 15 is 0 Å². The Morgan fingerprint density at radius 1 is 1.06 bits per heavy atom. The van der Waals surface area contributed by atoms with E-state index in [4.69, 9.17) is 9.84 Å². The van der Waals surface area contributed by atoms with Crippen LogP contribution in [-0.4, -0.2) is 75.9 Å². The number of aromatic nitrogens is 5. The molecule has 2 aromatic heterocycles. The van der Waals surface area contributed by atoms with E-state index in [0.29, 0.717) is 11.8 Å². The maximum Gasteiger partial charge on any atom is 0.305 e. The number of para-hydroxylation sites is 2. The van der Waals surface area contributed by atoms with Crippen molar-refractivity contribution in [2.45, 2.75) is 6.42 Å². The fourth-order valence-corrected chi connectivity index (χ4v) is 3.45. The highest BCUT2D eigenvalue weighted by molar-refractivity contribution is 5.67. The Morgan fingerprint density at radius 3 is 2.45 bits per heavy atom. The standard InChI is InChI=1S/C20H24N8O3/c1-31-16-5-3-2-4-15(16)26-10-12-27(13-11-26)17-14-18(28-22-8-9-23-28)25-20(24-17)21-7-6-19(29)30/h2-5,8-9,14H,6-7,10-13H2,1H3,(H,29,30)(H,21,24,25). The summed E-state index contributed by atoms with van der Waals surface area (Å²) in [6.07, 6.45) is 3.12. The van der Waals surface area contributed by atoms with E-state index in [1.54, 1.807) is 19.5 Å². The Balaban J connectivity index is 1.52. The van der Waals surface area contributed by atoms with Gasteiger partial charge in [-0.2, -0.15) is 20.2 Å². The first-order chi connectivity index (χ1) is 15.1. The molecule has 162 valence electrons. The van der Waals surface area contributed by atoms with Crippen LogP contribution in [0.4, 0.5) is 17.5 Å². The van der Waals surface area contributed by atoms with E-state index in [1.165, 1.54) is 4.80 Å². The second kappa shape index (κ2) is 9.28. The molecule has 0 aliphatic carbocycles. The number of nitrogens with one attached hydrogen (secondary N) is 1. The van der Waals surface area contributed by atoms with Crippen molar-refractivity contribution >= 4 is 23.4 Å². The molecular formula is C20H24N8O3. The molecule has 3 aromatic rings. The second-order valence-corrected chi connectivity index (χ2v) is 6.94. The Kier molecular flexibility index (Phi) is 6.11. The van der Waals surface area contributed by atoms with Crippen molar-refractivity contribution in [1.82, 2.24) is 25.0 Å². The molecule has 31 heavy (non-hydrogen) atoms. The smallest absolute Gasteiger partial charge is 0.305 e.